The van der Waals surface area contributed by atoms with Crippen LogP contribution < -0.4 is 15.8 Å². The molecule has 0 spiro atoms. The number of rotatable bonds is 6. The Morgan fingerprint density at radius 2 is 1.33 bits per heavy atom. The summed E-state index contributed by atoms with van der Waals surface area (Å²) in [6.45, 7) is 2.87. The average Bonchev–Trinajstić information content (AvgIpc) is 2.63. The maximum Gasteiger partial charge on any atom is 0.0487 e. The predicted molar refractivity (Wildman–Crippen MR) is 103 cm³/mol. The van der Waals surface area contributed by atoms with Gasteiger partial charge < -0.3 is 10.3 Å². The summed E-state index contributed by atoms with van der Waals surface area (Å²) in [4.78, 5) is 2.19. The highest BCUT2D eigenvalue weighted by Gasteiger charge is 2.03. The fourth-order valence-corrected chi connectivity index (χ4v) is 2.52. The fourth-order valence-electron chi connectivity index (χ4n) is 2.52. The molecule has 0 saturated carbocycles. The molecule has 0 heterocycles. The van der Waals surface area contributed by atoms with Crippen LogP contribution in [0.4, 0.5) is 17.1 Å². The molecule has 0 saturated heterocycles. The van der Waals surface area contributed by atoms with Crippen LogP contribution in [0.25, 0.3) is 0 Å². The summed E-state index contributed by atoms with van der Waals surface area (Å²) in [7, 11) is 2.09. The lowest BCUT2D eigenvalue weighted by atomic mass is 10.1. The molecular weight excluding hydrogens is 294 g/mol. The van der Waals surface area contributed by atoms with Gasteiger partial charge in [0.1, 0.15) is 0 Å². The van der Waals surface area contributed by atoms with Gasteiger partial charge in [0, 0.05) is 30.7 Å². The van der Waals surface area contributed by atoms with Gasteiger partial charge >= 0.3 is 0 Å². The molecule has 0 unspecified atom stereocenters. The largest absolute Gasteiger partial charge is 0.345 e. The topological polar surface area (TPSA) is 27.3 Å². The third-order valence-electron chi connectivity index (χ3n) is 4.04. The number of hydrogen-bond donors (Lipinski definition) is 2. The van der Waals surface area contributed by atoms with Gasteiger partial charge in [0.25, 0.3) is 0 Å². The van der Waals surface area contributed by atoms with Crippen LogP contribution in [0, 0.1) is 6.92 Å². The molecule has 122 valence electrons. The van der Waals surface area contributed by atoms with Crippen LogP contribution in [-0.4, -0.2) is 7.05 Å². The molecule has 0 bridgehead atoms. The van der Waals surface area contributed by atoms with E-state index in [1.165, 1.54) is 22.5 Å². The highest BCUT2D eigenvalue weighted by molar-refractivity contribution is 5.62. The molecule has 3 rings (SSSR count). The second-order valence-corrected chi connectivity index (χ2v) is 5.91. The third-order valence-corrected chi connectivity index (χ3v) is 4.04. The zero-order chi connectivity index (χ0) is 16.8. The quantitative estimate of drug-likeness (QED) is 0.635. The SMILES string of the molecule is Cc1ccc(N(C)c2ccc(CNNc3ccccc3)cc2)cc1. The van der Waals surface area contributed by atoms with Crippen molar-refractivity contribution in [3.63, 3.8) is 0 Å². The first-order valence-electron chi connectivity index (χ1n) is 8.15. The van der Waals surface area contributed by atoms with Gasteiger partial charge in [0.2, 0.25) is 0 Å². The maximum absolute atomic E-state index is 3.24. The highest BCUT2D eigenvalue weighted by Crippen LogP contribution is 2.24. The van der Waals surface area contributed by atoms with Gasteiger partial charge in [-0.15, -0.1) is 0 Å². The number of anilines is 3. The van der Waals surface area contributed by atoms with Crippen molar-refractivity contribution in [2.45, 2.75) is 13.5 Å². The Kier molecular flexibility index (Phi) is 5.14. The van der Waals surface area contributed by atoms with Crippen molar-refractivity contribution in [1.82, 2.24) is 5.43 Å². The summed E-state index contributed by atoms with van der Waals surface area (Å²) in [5.74, 6) is 0. The van der Waals surface area contributed by atoms with E-state index in [1.807, 2.05) is 30.3 Å². The summed E-state index contributed by atoms with van der Waals surface area (Å²) in [6, 6.07) is 27.3. The fraction of sp³-hybridized carbons (Fsp3) is 0.143. The molecule has 0 radical (unpaired) electrons. The molecule has 0 aromatic heterocycles. The number of nitrogens with one attached hydrogen (secondary N) is 2. The van der Waals surface area contributed by atoms with Crippen molar-refractivity contribution in [2.75, 3.05) is 17.4 Å². The van der Waals surface area contributed by atoms with Crippen LogP contribution >= 0.6 is 0 Å². The average molecular weight is 317 g/mol. The lowest BCUT2D eigenvalue weighted by molar-refractivity contribution is 0.801. The molecule has 0 aliphatic carbocycles. The van der Waals surface area contributed by atoms with Crippen LogP contribution in [0.15, 0.2) is 78.9 Å². The number of nitrogens with zero attached hydrogens (tertiary/aromatic N) is 1. The Bertz CT molecular complexity index is 749. The van der Waals surface area contributed by atoms with Crippen molar-refractivity contribution in [2.24, 2.45) is 0 Å². The second kappa shape index (κ2) is 7.66. The van der Waals surface area contributed by atoms with Gasteiger partial charge in [-0.2, -0.15) is 0 Å². The highest BCUT2D eigenvalue weighted by atomic mass is 15.3. The monoisotopic (exact) mass is 317 g/mol. The Morgan fingerprint density at radius 3 is 1.96 bits per heavy atom. The lowest BCUT2D eigenvalue weighted by Gasteiger charge is -2.20. The summed E-state index contributed by atoms with van der Waals surface area (Å²) in [5.41, 5.74) is 12.4. The van der Waals surface area contributed by atoms with Crippen molar-refractivity contribution < 1.29 is 0 Å². The Hall–Kier alpha value is -2.78. The number of para-hydroxylation sites is 1. The van der Waals surface area contributed by atoms with E-state index in [4.69, 9.17) is 0 Å². The Labute approximate surface area is 143 Å². The van der Waals surface area contributed by atoms with Crippen LogP contribution in [0.5, 0.6) is 0 Å². The molecule has 0 aliphatic rings. The minimum Gasteiger partial charge on any atom is -0.345 e. The van der Waals surface area contributed by atoms with Crippen LogP contribution in [0.2, 0.25) is 0 Å². The number of hydrazine groups is 1. The molecule has 3 aromatic carbocycles. The minimum atomic E-state index is 0.767. The Balaban J connectivity index is 1.57. The summed E-state index contributed by atoms with van der Waals surface area (Å²) < 4.78 is 0. The van der Waals surface area contributed by atoms with Crippen molar-refractivity contribution in [1.29, 1.82) is 0 Å². The lowest BCUT2D eigenvalue weighted by Crippen LogP contribution is -2.20. The van der Waals surface area contributed by atoms with Gasteiger partial charge in [-0.25, -0.2) is 5.43 Å². The molecule has 3 nitrogen and oxygen atoms in total. The molecule has 3 aromatic rings. The summed E-state index contributed by atoms with van der Waals surface area (Å²) >= 11 is 0. The Morgan fingerprint density at radius 1 is 0.750 bits per heavy atom. The van der Waals surface area contributed by atoms with Gasteiger partial charge in [-0.05, 0) is 48.9 Å². The zero-order valence-corrected chi connectivity index (χ0v) is 14.2. The normalized spacial score (nSPS) is 10.4. The number of hydrogen-bond acceptors (Lipinski definition) is 3. The van der Waals surface area contributed by atoms with Gasteiger partial charge in [0.15, 0.2) is 0 Å². The second-order valence-electron chi connectivity index (χ2n) is 5.91. The number of aryl methyl sites for hydroxylation is 1. The summed E-state index contributed by atoms with van der Waals surface area (Å²) in [5, 5.41) is 0. The van der Waals surface area contributed by atoms with E-state index in [2.05, 4.69) is 78.3 Å². The van der Waals surface area contributed by atoms with E-state index < -0.39 is 0 Å². The first-order valence-corrected chi connectivity index (χ1v) is 8.15. The molecule has 0 fully saturated rings. The molecule has 0 atom stereocenters. The number of benzene rings is 3. The van der Waals surface area contributed by atoms with E-state index in [9.17, 15) is 0 Å². The van der Waals surface area contributed by atoms with Gasteiger partial charge in [0.05, 0.1) is 0 Å². The molecular formula is C21H23N3. The van der Waals surface area contributed by atoms with Gasteiger partial charge in [-0.3, -0.25) is 0 Å². The van der Waals surface area contributed by atoms with E-state index in [-0.39, 0.29) is 0 Å². The van der Waals surface area contributed by atoms with Crippen LogP contribution in [-0.2, 0) is 6.54 Å². The molecule has 24 heavy (non-hydrogen) atoms. The third kappa shape index (κ3) is 4.15. The van der Waals surface area contributed by atoms with Crippen LogP contribution in [0.3, 0.4) is 0 Å². The molecule has 3 heteroatoms. The summed E-state index contributed by atoms with van der Waals surface area (Å²) in [6.07, 6.45) is 0. The standard InChI is InChI=1S/C21H23N3/c1-17-8-12-20(13-9-17)24(2)21-14-10-18(11-15-21)16-22-23-19-6-4-3-5-7-19/h3-15,22-23H,16H2,1-2H3. The zero-order valence-electron chi connectivity index (χ0n) is 14.2. The maximum atomic E-state index is 3.24. The smallest absolute Gasteiger partial charge is 0.0487 e. The first-order chi connectivity index (χ1) is 11.7. The first kappa shape index (κ1) is 16.1. The predicted octanol–water partition coefficient (Wildman–Crippen LogP) is 4.88. The molecule has 0 amide bonds. The minimum absolute atomic E-state index is 0.767. The van der Waals surface area contributed by atoms with E-state index in [0.717, 1.165) is 12.2 Å². The van der Waals surface area contributed by atoms with Crippen molar-refractivity contribution >= 4 is 17.1 Å². The van der Waals surface area contributed by atoms with Crippen LogP contribution in [0.1, 0.15) is 11.1 Å². The van der Waals surface area contributed by atoms with E-state index in [1.54, 1.807) is 0 Å². The van der Waals surface area contributed by atoms with E-state index in [0.29, 0.717) is 0 Å². The molecule has 2 N–H and O–H groups in total. The van der Waals surface area contributed by atoms with Gasteiger partial charge in [-0.1, -0.05) is 48.0 Å². The van der Waals surface area contributed by atoms with Crippen molar-refractivity contribution in [3.8, 4) is 0 Å². The van der Waals surface area contributed by atoms with Crippen molar-refractivity contribution in [3.05, 3.63) is 90.0 Å². The van der Waals surface area contributed by atoms with E-state index >= 15 is 0 Å². The molecule has 0 aliphatic heterocycles.